The lowest BCUT2D eigenvalue weighted by atomic mass is 10.1. The molecule has 0 amide bonds. The van der Waals surface area contributed by atoms with E-state index in [4.69, 9.17) is 4.74 Å². The molecule has 0 saturated heterocycles. The number of nitrogens with zero attached hydrogens (tertiary/aromatic N) is 1. The molecular formula is C17H22N2O. The van der Waals surface area contributed by atoms with Crippen LogP contribution in [0.3, 0.4) is 0 Å². The van der Waals surface area contributed by atoms with Crippen molar-refractivity contribution in [1.82, 2.24) is 4.98 Å². The lowest BCUT2D eigenvalue weighted by Crippen LogP contribution is -2.10. The molecule has 2 atom stereocenters. The Labute approximate surface area is 121 Å². The van der Waals surface area contributed by atoms with Gasteiger partial charge < -0.3 is 10.1 Å². The van der Waals surface area contributed by atoms with Gasteiger partial charge in [-0.1, -0.05) is 13.0 Å². The fraction of sp³-hybridized carbons (Fsp3) is 0.353. The number of hydrogen-bond acceptors (Lipinski definition) is 3. The van der Waals surface area contributed by atoms with Crippen molar-refractivity contribution in [2.24, 2.45) is 0 Å². The van der Waals surface area contributed by atoms with Crippen LogP contribution in [0.4, 0.5) is 5.69 Å². The van der Waals surface area contributed by atoms with Gasteiger partial charge in [-0.05, 0) is 50.1 Å². The number of anilines is 1. The molecule has 1 N–H and O–H groups in total. The standard InChI is InChI=1S/C17H22N2O/c1-4-13(2)20-17-7-5-6-16(12-17)19-14(3)15-8-10-18-11-9-15/h5-14,19H,4H2,1-3H3. The van der Waals surface area contributed by atoms with Crippen molar-refractivity contribution in [2.45, 2.75) is 39.3 Å². The second-order valence-corrected chi connectivity index (χ2v) is 5.01. The average Bonchev–Trinajstić information content (AvgIpc) is 2.48. The van der Waals surface area contributed by atoms with E-state index in [0.29, 0.717) is 0 Å². The van der Waals surface area contributed by atoms with Crippen LogP contribution in [0.1, 0.15) is 38.8 Å². The van der Waals surface area contributed by atoms with Gasteiger partial charge in [-0.2, -0.15) is 0 Å². The highest BCUT2D eigenvalue weighted by atomic mass is 16.5. The summed E-state index contributed by atoms with van der Waals surface area (Å²) in [5.74, 6) is 0.909. The van der Waals surface area contributed by atoms with Crippen LogP contribution >= 0.6 is 0 Å². The molecule has 0 spiro atoms. The first-order valence-electron chi connectivity index (χ1n) is 7.12. The van der Waals surface area contributed by atoms with Crippen LogP contribution in [0.25, 0.3) is 0 Å². The van der Waals surface area contributed by atoms with Gasteiger partial charge in [0.2, 0.25) is 0 Å². The Morgan fingerprint density at radius 2 is 1.90 bits per heavy atom. The maximum Gasteiger partial charge on any atom is 0.121 e. The van der Waals surface area contributed by atoms with Gasteiger partial charge in [-0.15, -0.1) is 0 Å². The zero-order chi connectivity index (χ0) is 14.4. The smallest absolute Gasteiger partial charge is 0.121 e. The molecule has 2 unspecified atom stereocenters. The summed E-state index contributed by atoms with van der Waals surface area (Å²) in [5.41, 5.74) is 2.28. The lowest BCUT2D eigenvalue weighted by Gasteiger charge is -2.17. The zero-order valence-corrected chi connectivity index (χ0v) is 12.3. The summed E-state index contributed by atoms with van der Waals surface area (Å²) in [6, 6.07) is 12.4. The summed E-state index contributed by atoms with van der Waals surface area (Å²) in [5, 5.41) is 3.48. The molecule has 2 rings (SSSR count). The molecule has 0 fully saturated rings. The molecular weight excluding hydrogens is 248 g/mol. The number of pyridine rings is 1. The van der Waals surface area contributed by atoms with Crippen molar-refractivity contribution in [1.29, 1.82) is 0 Å². The number of aromatic nitrogens is 1. The van der Waals surface area contributed by atoms with E-state index < -0.39 is 0 Å². The molecule has 2 aromatic rings. The summed E-state index contributed by atoms with van der Waals surface area (Å²) in [7, 11) is 0. The first-order chi connectivity index (χ1) is 9.69. The van der Waals surface area contributed by atoms with Crippen LogP contribution in [0, 0.1) is 0 Å². The second kappa shape index (κ2) is 6.94. The molecule has 0 aliphatic heterocycles. The average molecular weight is 270 g/mol. The highest BCUT2D eigenvalue weighted by Gasteiger charge is 2.06. The maximum atomic E-state index is 5.84. The molecule has 1 aromatic heterocycles. The van der Waals surface area contributed by atoms with Crippen molar-refractivity contribution in [3.8, 4) is 5.75 Å². The van der Waals surface area contributed by atoms with Crippen LogP contribution in [0.2, 0.25) is 0 Å². The highest BCUT2D eigenvalue weighted by Crippen LogP contribution is 2.23. The van der Waals surface area contributed by atoms with E-state index in [-0.39, 0.29) is 12.1 Å². The normalized spacial score (nSPS) is 13.6. The van der Waals surface area contributed by atoms with Gasteiger partial charge in [0.15, 0.2) is 0 Å². The Hall–Kier alpha value is -2.03. The van der Waals surface area contributed by atoms with Crippen molar-refractivity contribution < 1.29 is 4.74 Å². The van der Waals surface area contributed by atoms with Crippen LogP contribution in [0.15, 0.2) is 48.8 Å². The molecule has 0 aliphatic carbocycles. The molecule has 0 aliphatic rings. The van der Waals surface area contributed by atoms with Gasteiger partial charge in [0.1, 0.15) is 5.75 Å². The van der Waals surface area contributed by atoms with Crippen LogP contribution < -0.4 is 10.1 Å². The first kappa shape index (κ1) is 14.4. The Bertz CT molecular complexity index is 528. The molecule has 0 bridgehead atoms. The molecule has 20 heavy (non-hydrogen) atoms. The lowest BCUT2D eigenvalue weighted by molar-refractivity contribution is 0.217. The largest absolute Gasteiger partial charge is 0.491 e. The number of ether oxygens (including phenoxy) is 1. The minimum Gasteiger partial charge on any atom is -0.491 e. The van der Waals surface area contributed by atoms with Crippen molar-refractivity contribution in [3.63, 3.8) is 0 Å². The maximum absolute atomic E-state index is 5.84. The first-order valence-corrected chi connectivity index (χ1v) is 7.12. The number of rotatable bonds is 6. The Morgan fingerprint density at radius 1 is 1.15 bits per heavy atom. The summed E-state index contributed by atoms with van der Waals surface area (Å²) in [6.45, 7) is 6.34. The number of benzene rings is 1. The summed E-state index contributed by atoms with van der Waals surface area (Å²) in [4.78, 5) is 4.04. The van der Waals surface area contributed by atoms with Gasteiger partial charge in [0, 0.05) is 30.2 Å². The third-order valence-corrected chi connectivity index (χ3v) is 3.34. The van der Waals surface area contributed by atoms with E-state index in [2.05, 4.69) is 37.1 Å². The van der Waals surface area contributed by atoms with Gasteiger partial charge in [-0.25, -0.2) is 0 Å². The third-order valence-electron chi connectivity index (χ3n) is 3.34. The number of hydrogen-bond donors (Lipinski definition) is 1. The molecule has 1 heterocycles. The predicted molar refractivity (Wildman–Crippen MR) is 83.1 cm³/mol. The summed E-state index contributed by atoms with van der Waals surface area (Å²) >= 11 is 0. The third kappa shape index (κ3) is 3.98. The SMILES string of the molecule is CCC(C)Oc1cccc(NC(C)c2ccncc2)c1. The monoisotopic (exact) mass is 270 g/mol. The molecule has 0 radical (unpaired) electrons. The second-order valence-electron chi connectivity index (χ2n) is 5.01. The van der Waals surface area contributed by atoms with E-state index in [1.807, 2.05) is 42.7 Å². The van der Waals surface area contributed by atoms with E-state index in [1.54, 1.807) is 0 Å². The minimum atomic E-state index is 0.233. The van der Waals surface area contributed by atoms with Gasteiger partial charge in [0.05, 0.1) is 6.10 Å². The number of nitrogens with one attached hydrogen (secondary N) is 1. The molecule has 3 heteroatoms. The van der Waals surface area contributed by atoms with Gasteiger partial charge in [0.25, 0.3) is 0 Å². The molecule has 1 aromatic carbocycles. The Kier molecular flexibility index (Phi) is 4.99. The summed E-state index contributed by atoms with van der Waals surface area (Å²) in [6.07, 6.45) is 4.87. The van der Waals surface area contributed by atoms with E-state index in [1.165, 1.54) is 5.56 Å². The van der Waals surface area contributed by atoms with E-state index in [0.717, 1.165) is 17.9 Å². The van der Waals surface area contributed by atoms with Gasteiger partial charge >= 0.3 is 0 Å². The van der Waals surface area contributed by atoms with Crippen molar-refractivity contribution in [2.75, 3.05) is 5.32 Å². The fourth-order valence-corrected chi connectivity index (χ4v) is 1.96. The van der Waals surface area contributed by atoms with Gasteiger partial charge in [-0.3, -0.25) is 4.98 Å². The quantitative estimate of drug-likeness (QED) is 0.843. The van der Waals surface area contributed by atoms with E-state index in [9.17, 15) is 0 Å². The van der Waals surface area contributed by atoms with Crippen LogP contribution in [-0.4, -0.2) is 11.1 Å². The van der Waals surface area contributed by atoms with Crippen molar-refractivity contribution in [3.05, 3.63) is 54.4 Å². The Balaban J connectivity index is 2.04. The van der Waals surface area contributed by atoms with E-state index >= 15 is 0 Å². The molecule has 106 valence electrons. The minimum absolute atomic E-state index is 0.233. The fourth-order valence-electron chi connectivity index (χ4n) is 1.96. The topological polar surface area (TPSA) is 34.1 Å². The van der Waals surface area contributed by atoms with Crippen molar-refractivity contribution >= 4 is 5.69 Å². The predicted octanol–water partition coefficient (Wildman–Crippen LogP) is 4.43. The zero-order valence-electron chi connectivity index (χ0n) is 12.3. The van der Waals surface area contributed by atoms with Crippen LogP contribution in [-0.2, 0) is 0 Å². The Morgan fingerprint density at radius 3 is 2.60 bits per heavy atom. The molecule has 0 saturated carbocycles. The highest BCUT2D eigenvalue weighted by molar-refractivity contribution is 5.49. The molecule has 3 nitrogen and oxygen atoms in total. The van der Waals surface area contributed by atoms with Crippen LogP contribution in [0.5, 0.6) is 5.75 Å². The summed E-state index contributed by atoms with van der Waals surface area (Å²) < 4.78 is 5.84.